The lowest BCUT2D eigenvalue weighted by molar-refractivity contribution is 0.104. The number of fused-ring (bicyclic) bond motifs is 1. The van der Waals surface area contributed by atoms with E-state index in [0.717, 1.165) is 0 Å². The summed E-state index contributed by atoms with van der Waals surface area (Å²) in [5, 5.41) is 0. The first kappa shape index (κ1) is 8.19. The molecule has 2 rings (SSSR count). The first-order valence-corrected chi connectivity index (χ1v) is 5.11. The number of benzene rings is 1. The molecule has 1 heterocycles. The lowest BCUT2D eigenvalue weighted by Gasteiger charge is -1.92. The Balaban J connectivity index is 2.91. The number of hydrogen-bond donors (Lipinski definition) is 0. The molecule has 0 saturated carbocycles. The summed E-state index contributed by atoms with van der Waals surface area (Å²) in [7, 11) is -3.58. The standard InChI is InChI=1S/C9H6O3S/c1-6-9(10)7-4-2-3-5-8(7)13(6,11)12/h2-5H,1H2. The topological polar surface area (TPSA) is 51.2 Å². The fourth-order valence-corrected chi connectivity index (χ4v) is 2.62. The normalized spacial score (nSPS) is 18.8. The van der Waals surface area contributed by atoms with Crippen LogP contribution in [-0.2, 0) is 9.84 Å². The molecule has 3 nitrogen and oxygen atoms in total. The van der Waals surface area contributed by atoms with Crippen LogP contribution in [0.3, 0.4) is 0 Å². The number of hydrogen-bond acceptors (Lipinski definition) is 3. The van der Waals surface area contributed by atoms with E-state index in [1.165, 1.54) is 12.1 Å². The van der Waals surface area contributed by atoms with Gasteiger partial charge in [0.25, 0.3) is 0 Å². The number of ketones is 1. The largest absolute Gasteiger partial charge is 0.288 e. The fourth-order valence-electron chi connectivity index (χ4n) is 1.29. The summed E-state index contributed by atoms with van der Waals surface area (Å²) in [6, 6.07) is 6.13. The molecule has 66 valence electrons. The molecule has 0 fully saturated rings. The van der Waals surface area contributed by atoms with Crippen molar-refractivity contribution in [3.05, 3.63) is 41.3 Å². The fraction of sp³-hybridized carbons (Fsp3) is 0. The molecule has 0 atom stereocenters. The van der Waals surface area contributed by atoms with E-state index >= 15 is 0 Å². The van der Waals surface area contributed by atoms with Crippen LogP contribution < -0.4 is 0 Å². The third-order valence-electron chi connectivity index (χ3n) is 2.00. The molecular formula is C9H6O3S. The highest BCUT2D eigenvalue weighted by Gasteiger charge is 2.36. The Morgan fingerprint density at radius 3 is 2.38 bits per heavy atom. The molecule has 1 aromatic carbocycles. The summed E-state index contributed by atoms with van der Waals surface area (Å²) in [6.45, 7) is 3.27. The molecule has 0 spiro atoms. The van der Waals surface area contributed by atoms with Gasteiger partial charge in [-0.15, -0.1) is 0 Å². The quantitative estimate of drug-likeness (QED) is 0.582. The zero-order valence-electron chi connectivity index (χ0n) is 6.65. The van der Waals surface area contributed by atoms with E-state index in [0.29, 0.717) is 0 Å². The maximum Gasteiger partial charge on any atom is 0.210 e. The van der Waals surface area contributed by atoms with E-state index in [1.54, 1.807) is 12.1 Å². The van der Waals surface area contributed by atoms with Gasteiger partial charge in [-0.3, -0.25) is 4.79 Å². The average Bonchev–Trinajstić information content (AvgIpc) is 2.30. The minimum Gasteiger partial charge on any atom is -0.288 e. The van der Waals surface area contributed by atoms with Crippen molar-refractivity contribution in [3.63, 3.8) is 0 Å². The minimum absolute atomic E-state index is 0.0741. The van der Waals surface area contributed by atoms with Crippen LogP contribution in [0.15, 0.2) is 40.6 Å². The van der Waals surface area contributed by atoms with Gasteiger partial charge in [-0.25, -0.2) is 8.42 Å². The van der Waals surface area contributed by atoms with E-state index < -0.39 is 15.6 Å². The van der Waals surface area contributed by atoms with Crippen LogP contribution in [0.5, 0.6) is 0 Å². The van der Waals surface area contributed by atoms with Crippen LogP contribution in [0.2, 0.25) is 0 Å². The monoisotopic (exact) mass is 194 g/mol. The molecule has 1 aliphatic heterocycles. The van der Waals surface area contributed by atoms with E-state index in [-0.39, 0.29) is 15.4 Å². The molecular weight excluding hydrogens is 188 g/mol. The number of sulfone groups is 1. The van der Waals surface area contributed by atoms with Crippen molar-refractivity contribution in [1.82, 2.24) is 0 Å². The molecule has 0 aliphatic carbocycles. The van der Waals surface area contributed by atoms with Gasteiger partial charge in [0.1, 0.15) is 4.91 Å². The molecule has 1 aromatic rings. The van der Waals surface area contributed by atoms with Crippen molar-refractivity contribution in [2.75, 3.05) is 0 Å². The Bertz CT molecular complexity index is 511. The predicted octanol–water partition coefficient (Wildman–Crippen LogP) is 1.17. The van der Waals surface area contributed by atoms with E-state index in [2.05, 4.69) is 6.58 Å². The second kappa shape index (κ2) is 2.29. The molecule has 0 saturated heterocycles. The van der Waals surface area contributed by atoms with Crippen molar-refractivity contribution in [2.24, 2.45) is 0 Å². The first-order chi connectivity index (χ1) is 6.05. The van der Waals surface area contributed by atoms with E-state index in [9.17, 15) is 13.2 Å². The summed E-state index contributed by atoms with van der Waals surface area (Å²) in [5.41, 5.74) is 0.229. The molecule has 0 radical (unpaired) electrons. The number of carbonyl (C=O) groups is 1. The Kier molecular flexibility index (Phi) is 1.44. The Morgan fingerprint density at radius 2 is 1.77 bits per heavy atom. The first-order valence-electron chi connectivity index (χ1n) is 3.63. The van der Waals surface area contributed by atoms with E-state index in [1.807, 2.05) is 0 Å². The minimum atomic E-state index is -3.58. The van der Waals surface area contributed by atoms with Gasteiger partial charge >= 0.3 is 0 Å². The second-order valence-corrected chi connectivity index (χ2v) is 4.69. The summed E-state index contributed by atoms with van der Waals surface area (Å²) in [6.07, 6.45) is 0. The lowest BCUT2D eigenvalue weighted by Crippen LogP contribution is -1.99. The highest BCUT2D eigenvalue weighted by Crippen LogP contribution is 2.32. The van der Waals surface area contributed by atoms with Gasteiger partial charge in [-0.2, -0.15) is 0 Å². The van der Waals surface area contributed by atoms with Crippen molar-refractivity contribution in [3.8, 4) is 0 Å². The number of allylic oxidation sites excluding steroid dienone is 1. The lowest BCUT2D eigenvalue weighted by atomic mass is 10.1. The van der Waals surface area contributed by atoms with Crippen molar-refractivity contribution >= 4 is 15.6 Å². The third-order valence-corrected chi connectivity index (χ3v) is 3.77. The van der Waals surface area contributed by atoms with Gasteiger partial charge in [0.05, 0.1) is 4.90 Å². The highest BCUT2D eigenvalue weighted by molar-refractivity contribution is 7.97. The SMILES string of the molecule is C=C1C(=O)c2ccccc2S1(=O)=O. The van der Waals surface area contributed by atoms with Crippen LogP contribution in [0, 0.1) is 0 Å². The van der Waals surface area contributed by atoms with Gasteiger partial charge in [0.15, 0.2) is 0 Å². The Labute approximate surface area is 75.6 Å². The van der Waals surface area contributed by atoms with Gasteiger partial charge < -0.3 is 0 Å². The third kappa shape index (κ3) is 0.890. The molecule has 1 aliphatic rings. The molecule has 13 heavy (non-hydrogen) atoms. The van der Waals surface area contributed by atoms with Gasteiger partial charge in [0, 0.05) is 5.56 Å². The summed E-state index contributed by atoms with van der Waals surface area (Å²) in [5.74, 6) is -0.490. The summed E-state index contributed by atoms with van der Waals surface area (Å²) in [4.78, 5) is 11.1. The number of carbonyl (C=O) groups excluding carboxylic acids is 1. The zero-order chi connectivity index (χ0) is 9.64. The van der Waals surface area contributed by atoms with Crippen LogP contribution in [0.25, 0.3) is 0 Å². The molecule has 0 aromatic heterocycles. The summed E-state index contributed by atoms with van der Waals surface area (Å²) < 4.78 is 22.9. The average molecular weight is 194 g/mol. The van der Waals surface area contributed by atoms with Crippen molar-refractivity contribution < 1.29 is 13.2 Å². The second-order valence-electron chi connectivity index (χ2n) is 2.75. The van der Waals surface area contributed by atoms with Gasteiger partial charge in [-0.05, 0) is 12.1 Å². The van der Waals surface area contributed by atoms with E-state index in [4.69, 9.17) is 0 Å². The molecule has 4 heteroatoms. The van der Waals surface area contributed by atoms with Gasteiger partial charge in [0.2, 0.25) is 15.6 Å². The van der Waals surface area contributed by atoms with Crippen LogP contribution >= 0.6 is 0 Å². The predicted molar refractivity (Wildman–Crippen MR) is 47.1 cm³/mol. The van der Waals surface area contributed by atoms with Crippen molar-refractivity contribution in [2.45, 2.75) is 4.90 Å². The van der Waals surface area contributed by atoms with Crippen LogP contribution in [0.4, 0.5) is 0 Å². The summed E-state index contributed by atoms with van der Waals surface area (Å²) >= 11 is 0. The van der Waals surface area contributed by atoms with Crippen molar-refractivity contribution in [1.29, 1.82) is 0 Å². The maximum atomic E-state index is 11.5. The Hall–Kier alpha value is -1.42. The molecule has 0 amide bonds. The highest BCUT2D eigenvalue weighted by atomic mass is 32.2. The zero-order valence-corrected chi connectivity index (χ0v) is 7.47. The van der Waals surface area contributed by atoms with Crippen LogP contribution in [0.1, 0.15) is 10.4 Å². The number of Topliss-reactive ketones (excluding diaryl/α,β-unsaturated/α-hetero) is 1. The molecule has 0 unspecified atom stereocenters. The van der Waals surface area contributed by atoms with Gasteiger partial charge in [-0.1, -0.05) is 18.7 Å². The Morgan fingerprint density at radius 1 is 1.15 bits per heavy atom. The smallest absolute Gasteiger partial charge is 0.210 e. The molecule has 0 N–H and O–H groups in total. The number of rotatable bonds is 0. The molecule has 0 bridgehead atoms. The maximum absolute atomic E-state index is 11.5. The van der Waals surface area contributed by atoms with Crippen LogP contribution in [-0.4, -0.2) is 14.2 Å².